The molecule has 23 heavy (non-hydrogen) atoms. The zero-order valence-electron chi connectivity index (χ0n) is 12.4. The van der Waals surface area contributed by atoms with Crippen LogP contribution in [0.2, 0.25) is 0 Å². The van der Waals surface area contributed by atoms with Gasteiger partial charge in [0.15, 0.2) is 21.3 Å². The molecule has 4 rings (SSSR count). The molecule has 2 aliphatic rings. The van der Waals surface area contributed by atoms with Crippen LogP contribution in [0.5, 0.6) is 11.6 Å². The van der Waals surface area contributed by atoms with Crippen LogP contribution in [0.4, 0.5) is 0 Å². The predicted octanol–water partition coefficient (Wildman–Crippen LogP) is 1.83. The van der Waals surface area contributed by atoms with E-state index < -0.39 is 9.84 Å². The lowest BCUT2D eigenvalue weighted by Gasteiger charge is -2.17. The summed E-state index contributed by atoms with van der Waals surface area (Å²) < 4.78 is 40.5. The SMILES string of the molecule is O=S(=O)(Cc1ccc2c(n1)OCCO2)Cc1cc(C2CC2)no1. The quantitative estimate of drug-likeness (QED) is 0.822. The lowest BCUT2D eigenvalue weighted by Crippen LogP contribution is -2.17. The van der Waals surface area contributed by atoms with Gasteiger partial charge in [-0.3, -0.25) is 0 Å². The molecule has 0 saturated heterocycles. The summed E-state index contributed by atoms with van der Waals surface area (Å²) in [6.45, 7) is 0.888. The summed E-state index contributed by atoms with van der Waals surface area (Å²) in [4.78, 5) is 4.21. The molecule has 0 amide bonds. The molecule has 0 radical (unpaired) electrons. The van der Waals surface area contributed by atoms with Crippen molar-refractivity contribution in [2.45, 2.75) is 30.3 Å². The first kappa shape index (κ1) is 14.5. The molecule has 122 valence electrons. The molecule has 0 spiro atoms. The number of sulfone groups is 1. The summed E-state index contributed by atoms with van der Waals surface area (Å²) in [5.74, 6) is 1.35. The van der Waals surface area contributed by atoms with Crippen molar-refractivity contribution in [3.05, 3.63) is 35.3 Å². The molecular weight excluding hydrogens is 320 g/mol. The van der Waals surface area contributed by atoms with Gasteiger partial charge in [-0.25, -0.2) is 13.4 Å². The van der Waals surface area contributed by atoms with E-state index in [1.807, 2.05) is 0 Å². The molecule has 7 nitrogen and oxygen atoms in total. The molecular formula is C15H16N2O5S. The van der Waals surface area contributed by atoms with E-state index in [1.54, 1.807) is 18.2 Å². The van der Waals surface area contributed by atoms with Crippen molar-refractivity contribution in [2.75, 3.05) is 13.2 Å². The minimum Gasteiger partial charge on any atom is -0.484 e. The van der Waals surface area contributed by atoms with Crippen LogP contribution < -0.4 is 9.47 Å². The molecule has 2 aromatic rings. The third-order valence-corrected chi connectivity index (χ3v) is 5.23. The molecule has 1 aliphatic carbocycles. The minimum atomic E-state index is -3.40. The van der Waals surface area contributed by atoms with Crippen LogP contribution >= 0.6 is 0 Å². The van der Waals surface area contributed by atoms with Crippen LogP contribution in [0, 0.1) is 0 Å². The Morgan fingerprint density at radius 3 is 2.78 bits per heavy atom. The Hall–Kier alpha value is -2.09. The average Bonchev–Trinajstić information content (AvgIpc) is 3.27. The second-order valence-electron chi connectivity index (χ2n) is 5.83. The molecule has 0 aromatic carbocycles. The van der Waals surface area contributed by atoms with Gasteiger partial charge in [0.1, 0.15) is 19.0 Å². The van der Waals surface area contributed by atoms with E-state index in [-0.39, 0.29) is 11.5 Å². The van der Waals surface area contributed by atoms with Crippen molar-refractivity contribution >= 4 is 9.84 Å². The minimum absolute atomic E-state index is 0.177. The maximum atomic E-state index is 12.3. The van der Waals surface area contributed by atoms with Crippen molar-refractivity contribution in [2.24, 2.45) is 0 Å². The Labute approximate surface area is 133 Å². The molecule has 3 heterocycles. The van der Waals surface area contributed by atoms with Gasteiger partial charge < -0.3 is 14.0 Å². The zero-order valence-corrected chi connectivity index (χ0v) is 13.2. The average molecular weight is 336 g/mol. The van der Waals surface area contributed by atoms with Gasteiger partial charge in [0.25, 0.3) is 5.88 Å². The van der Waals surface area contributed by atoms with Gasteiger partial charge in [-0.05, 0) is 25.0 Å². The summed E-state index contributed by atoms with van der Waals surface area (Å²) in [6.07, 6.45) is 2.19. The number of fused-ring (bicyclic) bond motifs is 1. The molecule has 8 heteroatoms. The molecule has 1 fully saturated rings. The molecule has 1 saturated carbocycles. The number of rotatable bonds is 5. The summed E-state index contributed by atoms with van der Waals surface area (Å²) in [7, 11) is -3.40. The van der Waals surface area contributed by atoms with Gasteiger partial charge in [0.2, 0.25) is 0 Å². The summed E-state index contributed by atoms with van der Waals surface area (Å²) >= 11 is 0. The zero-order chi connectivity index (χ0) is 15.9. The monoisotopic (exact) mass is 336 g/mol. The lowest BCUT2D eigenvalue weighted by molar-refractivity contribution is 0.164. The molecule has 0 atom stereocenters. The Balaban J connectivity index is 1.47. The van der Waals surface area contributed by atoms with Crippen LogP contribution in [0.3, 0.4) is 0 Å². The third kappa shape index (κ3) is 3.31. The van der Waals surface area contributed by atoms with Crippen molar-refractivity contribution in [3.8, 4) is 11.6 Å². The van der Waals surface area contributed by atoms with Crippen molar-refractivity contribution < 1.29 is 22.4 Å². The number of ether oxygens (including phenoxy) is 2. The fourth-order valence-electron chi connectivity index (χ4n) is 2.51. The van der Waals surface area contributed by atoms with E-state index >= 15 is 0 Å². The second kappa shape index (κ2) is 5.52. The van der Waals surface area contributed by atoms with Gasteiger partial charge in [-0.1, -0.05) is 5.16 Å². The van der Waals surface area contributed by atoms with E-state index in [0.717, 1.165) is 18.5 Å². The summed E-state index contributed by atoms with van der Waals surface area (Å²) in [6, 6.07) is 5.07. The number of hydrogen-bond donors (Lipinski definition) is 0. The Bertz CT molecular complexity index is 826. The summed E-state index contributed by atoms with van der Waals surface area (Å²) in [5.41, 5.74) is 1.28. The fraction of sp³-hybridized carbons (Fsp3) is 0.467. The highest BCUT2D eigenvalue weighted by Gasteiger charge is 2.28. The first-order chi connectivity index (χ1) is 11.1. The molecule has 1 aliphatic heterocycles. The first-order valence-corrected chi connectivity index (χ1v) is 9.33. The molecule has 0 N–H and O–H groups in total. The number of pyridine rings is 1. The van der Waals surface area contributed by atoms with Gasteiger partial charge in [-0.2, -0.15) is 0 Å². The van der Waals surface area contributed by atoms with Crippen molar-refractivity contribution in [1.82, 2.24) is 10.1 Å². The Morgan fingerprint density at radius 2 is 1.96 bits per heavy atom. The van der Waals surface area contributed by atoms with Gasteiger partial charge in [0.05, 0.1) is 17.1 Å². The van der Waals surface area contributed by atoms with Crippen molar-refractivity contribution in [1.29, 1.82) is 0 Å². The first-order valence-electron chi connectivity index (χ1n) is 7.50. The van der Waals surface area contributed by atoms with Gasteiger partial charge in [0, 0.05) is 12.0 Å². The Morgan fingerprint density at radius 1 is 1.13 bits per heavy atom. The van der Waals surface area contributed by atoms with Gasteiger partial charge in [-0.15, -0.1) is 0 Å². The standard InChI is InChI=1S/C15H16N2O5S/c18-23(19,9-12-7-13(17-22-12)10-1-2-10)8-11-3-4-14-15(16-11)21-6-5-20-14/h3-4,7,10H,1-2,5-6,8-9H2. The molecule has 0 unspecified atom stereocenters. The van der Waals surface area contributed by atoms with Crippen LogP contribution in [0.15, 0.2) is 22.7 Å². The predicted molar refractivity (Wildman–Crippen MR) is 80.0 cm³/mol. The van der Waals surface area contributed by atoms with Crippen LogP contribution in [0.25, 0.3) is 0 Å². The van der Waals surface area contributed by atoms with E-state index in [0.29, 0.717) is 42.2 Å². The highest BCUT2D eigenvalue weighted by atomic mass is 32.2. The topological polar surface area (TPSA) is 91.5 Å². The van der Waals surface area contributed by atoms with Crippen molar-refractivity contribution in [3.63, 3.8) is 0 Å². The van der Waals surface area contributed by atoms with E-state index in [1.165, 1.54) is 0 Å². The van der Waals surface area contributed by atoms with E-state index in [4.69, 9.17) is 14.0 Å². The largest absolute Gasteiger partial charge is 0.484 e. The maximum absolute atomic E-state index is 12.3. The highest BCUT2D eigenvalue weighted by molar-refractivity contribution is 7.89. The van der Waals surface area contributed by atoms with Crippen LogP contribution in [-0.2, 0) is 21.3 Å². The second-order valence-corrected chi connectivity index (χ2v) is 7.89. The van der Waals surface area contributed by atoms with E-state index in [2.05, 4.69) is 10.1 Å². The smallest absolute Gasteiger partial charge is 0.257 e. The normalized spacial score (nSPS) is 17.2. The lowest BCUT2D eigenvalue weighted by atomic mass is 10.3. The highest BCUT2D eigenvalue weighted by Crippen LogP contribution is 2.39. The fourth-order valence-corrected chi connectivity index (χ4v) is 3.79. The van der Waals surface area contributed by atoms with E-state index in [9.17, 15) is 8.42 Å². The number of aromatic nitrogens is 2. The molecule has 0 bridgehead atoms. The molecule has 2 aromatic heterocycles. The Kier molecular flexibility index (Phi) is 3.48. The summed E-state index contributed by atoms with van der Waals surface area (Å²) in [5, 5.41) is 3.94. The maximum Gasteiger partial charge on any atom is 0.257 e. The number of hydrogen-bond acceptors (Lipinski definition) is 7. The van der Waals surface area contributed by atoms with Gasteiger partial charge >= 0.3 is 0 Å². The number of nitrogens with zero attached hydrogens (tertiary/aromatic N) is 2. The van der Waals surface area contributed by atoms with Crippen LogP contribution in [0.1, 0.15) is 35.9 Å². The third-order valence-electron chi connectivity index (χ3n) is 3.77. The van der Waals surface area contributed by atoms with Crippen LogP contribution in [-0.4, -0.2) is 31.8 Å².